The summed E-state index contributed by atoms with van der Waals surface area (Å²) in [6.07, 6.45) is 0. The van der Waals surface area contributed by atoms with E-state index < -0.39 is 0 Å². The zero-order valence-electron chi connectivity index (χ0n) is 7.33. The van der Waals surface area contributed by atoms with Crippen molar-refractivity contribution in [1.29, 1.82) is 0 Å². The Morgan fingerprint density at radius 1 is 1.07 bits per heavy atom. The Morgan fingerprint density at radius 3 is 2.57 bits per heavy atom. The van der Waals surface area contributed by atoms with Gasteiger partial charge in [-0.15, -0.1) is 0 Å². The molecule has 1 aromatic heterocycles. The van der Waals surface area contributed by atoms with E-state index in [0.717, 1.165) is 15.7 Å². The quantitative estimate of drug-likeness (QED) is 0.829. The Balaban J connectivity index is 2.55. The molecule has 0 saturated carbocycles. The largest absolute Gasteiger partial charge is 0.322 e. The van der Waals surface area contributed by atoms with Crippen LogP contribution in [0.1, 0.15) is 0 Å². The number of rotatable bonds is 1. The summed E-state index contributed by atoms with van der Waals surface area (Å²) in [5.41, 5.74) is 1.75. The summed E-state index contributed by atoms with van der Waals surface area (Å²) in [6.45, 7) is 0. The molecule has 1 heterocycles. The van der Waals surface area contributed by atoms with Crippen molar-refractivity contribution < 1.29 is 0 Å². The lowest BCUT2D eigenvalue weighted by atomic mass is 10.1. The average Bonchev–Trinajstić information content (AvgIpc) is 2.18. The van der Waals surface area contributed by atoms with E-state index in [4.69, 9.17) is 0 Å². The van der Waals surface area contributed by atoms with Crippen LogP contribution in [0.3, 0.4) is 0 Å². The Hall–Kier alpha value is -1.35. The van der Waals surface area contributed by atoms with E-state index in [1.54, 1.807) is 6.07 Å². The van der Waals surface area contributed by atoms with Gasteiger partial charge < -0.3 is 4.98 Å². The summed E-state index contributed by atoms with van der Waals surface area (Å²) in [5.74, 6) is 0. The second-order valence-corrected chi connectivity index (χ2v) is 3.85. The maximum atomic E-state index is 11.1. The molecule has 0 amide bonds. The van der Waals surface area contributed by atoms with Crippen LogP contribution >= 0.6 is 15.9 Å². The Bertz CT molecular complexity index is 504. The van der Waals surface area contributed by atoms with Gasteiger partial charge in [0.1, 0.15) is 0 Å². The van der Waals surface area contributed by atoms with Crippen LogP contribution in [0.5, 0.6) is 0 Å². The summed E-state index contributed by atoms with van der Waals surface area (Å²) in [6, 6.07) is 12.9. The Morgan fingerprint density at radius 2 is 1.86 bits per heavy atom. The van der Waals surface area contributed by atoms with Crippen LogP contribution in [0.4, 0.5) is 0 Å². The van der Waals surface area contributed by atoms with E-state index in [9.17, 15) is 4.79 Å². The molecule has 70 valence electrons. The van der Waals surface area contributed by atoms with Crippen LogP contribution in [0.15, 0.2) is 51.7 Å². The highest BCUT2D eigenvalue weighted by molar-refractivity contribution is 9.10. The lowest BCUT2D eigenvalue weighted by molar-refractivity contribution is 1.24. The molecule has 2 nitrogen and oxygen atoms in total. The fraction of sp³-hybridized carbons (Fsp3) is 0. The molecule has 0 unspecified atom stereocenters. The SMILES string of the molecule is O=c1cccc(-c2cccc(Br)c2)[nH]1. The third kappa shape index (κ3) is 1.93. The molecule has 0 spiro atoms. The molecular weight excluding hydrogens is 242 g/mol. The van der Waals surface area contributed by atoms with E-state index in [1.165, 1.54) is 6.07 Å². The molecule has 1 aromatic carbocycles. The van der Waals surface area contributed by atoms with Crippen molar-refractivity contribution >= 4 is 15.9 Å². The van der Waals surface area contributed by atoms with Crippen LogP contribution < -0.4 is 5.56 Å². The summed E-state index contributed by atoms with van der Waals surface area (Å²) < 4.78 is 1.000. The first kappa shape index (κ1) is 9.21. The predicted molar refractivity (Wildman–Crippen MR) is 60.2 cm³/mol. The molecule has 0 aliphatic rings. The van der Waals surface area contributed by atoms with Crippen LogP contribution in [0, 0.1) is 0 Å². The maximum absolute atomic E-state index is 11.1. The fourth-order valence-electron chi connectivity index (χ4n) is 1.27. The minimum atomic E-state index is -0.0810. The number of benzene rings is 1. The second kappa shape index (κ2) is 3.80. The first-order valence-electron chi connectivity index (χ1n) is 4.21. The van der Waals surface area contributed by atoms with Crippen LogP contribution in [0.25, 0.3) is 11.3 Å². The summed E-state index contributed by atoms with van der Waals surface area (Å²) >= 11 is 3.39. The van der Waals surface area contributed by atoms with E-state index in [0.29, 0.717) is 0 Å². The predicted octanol–water partition coefficient (Wildman–Crippen LogP) is 2.80. The molecule has 0 radical (unpaired) electrons. The topological polar surface area (TPSA) is 32.9 Å². The highest BCUT2D eigenvalue weighted by Crippen LogP contribution is 2.19. The zero-order chi connectivity index (χ0) is 9.97. The van der Waals surface area contributed by atoms with Crippen molar-refractivity contribution in [3.63, 3.8) is 0 Å². The molecule has 2 aromatic rings. The summed E-state index contributed by atoms with van der Waals surface area (Å²) in [7, 11) is 0. The van der Waals surface area contributed by atoms with Crippen LogP contribution in [-0.2, 0) is 0 Å². The highest BCUT2D eigenvalue weighted by Gasteiger charge is 1.97. The maximum Gasteiger partial charge on any atom is 0.248 e. The summed E-state index contributed by atoms with van der Waals surface area (Å²) in [4.78, 5) is 13.9. The third-order valence-corrected chi connectivity index (χ3v) is 2.40. The number of aromatic nitrogens is 1. The Kier molecular flexibility index (Phi) is 2.50. The number of nitrogens with one attached hydrogen (secondary N) is 1. The third-order valence-electron chi connectivity index (χ3n) is 1.90. The van der Waals surface area contributed by atoms with Crippen LogP contribution in [0.2, 0.25) is 0 Å². The Labute approximate surface area is 89.7 Å². The van der Waals surface area contributed by atoms with Gasteiger partial charge in [0.2, 0.25) is 5.56 Å². The molecule has 3 heteroatoms. The van der Waals surface area contributed by atoms with Crippen molar-refractivity contribution in [3.05, 3.63) is 57.3 Å². The van der Waals surface area contributed by atoms with Gasteiger partial charge in [-0.2, -0.15) is 0 Å². The van der Waals surface area contributed by atoms with Gasteiger partial charge in [-0.3, -0.25) is 4.79 Å². The van der Waals surface area contributed by atoms with Crippen LogP contribution in [-0.4, -0.2) is 4.98 Å². The van der Waals surface area contributed by atoms with Crippen molar-refractivity contribution in [2.24, 2.45) is 0 Å². The van der Waals surface area contributed by atoms with Gasteiger partial charge in [-0.1, -0.05) is 34.1 Å². The van der Waals surface area contributed by atoms with E-state index in [-0.39, 0.29) is 5.56 Å². The van der Waals surface area contributed by atoms with Gasteiger partial charge in [0.15, 0.2) is 0 Å². The molecule has 0 fully saturated rings. The molecule has 0 bridgehead atoms. The number of hydrogen-bond acceptors (Lipinski definition) is 1. The lowest BCUT2D eigenvalue weighted by Gasteiger charge is -2.00. The number of H-pyrrole nitrogens is 1. The molecule has 0 saturated heterocycles. The number of aromatic amines is 1. The summed E-state index contributed by atoms with van der Waals surface area (Å²) in [5, 5.41) is 0. The van der Waals surface area contributed by atoms with Crippen molar-refractivity contribution in [2.45, 2.75) is 0 Å². The lowest BCUT2D eigenvalue weighted by Crippen LogP contribution is -2.03. The van der Waals surface area contributed by atoms with Gasteiger partial charge in [0.25, 0.3) is 0 Å². The molecule has 0 atom stereocenters. The van der Waals surface area contributed by atoms with E-state index >= 15 is 0 Å². The number of halogens is 1. The zero-order valence-corrected chi connectivity index (χ0v) is 8.91. The minimum Gasteiger partial charge on any atom is -0.322 e. The average molecular weight is 250 g/mol. The standard InChI is InChI=1S/C11H8BrNO/c12-9-4-1-3-8(7-9)10-5-2-6-11(14)13-10/h1-7H,(H,13,14). The van der Waals surface area contributed by atoms with E-state index in [1.807, 2.05) is 30.3 Å². The first-order chi connectivity index (χ1) is 6.75. The van der Waals surface area contributed by atoms with Gasteiger partial charge in [-0.25, -0.2) is 0 Å². The molecular formula is C11H8BrNO. The highest BCUT2D eigenvalue weighted by atomic mass is 79.9. The molecule has 0 aliphatic heterocycles. The number of pyridine rings is 1. The van der Waals surface area contributed by atoms with Gasteiger partial charge >= 0.3 is 0 Å². The molecule has 0 aliphatic carbocycles. The first-order valence-corrected chi connectivity index (χ1v) is 5.00. The van der Waals surface area contributed by atoms with Gasteiger partial charge in [-0.05, 0) is 23.8 Å². The minimum absolute atomic E-state index is 0.0810. The monoisotopic (exact) mass is 249 g/mol. The van der Waals surface area contributed by atoms with Crippen molar-refractivity contribution in [2.75, 3.05) is 0 Å². The molecule has 1 N–H and O–H groups in total. The van der Waals surface area contributed by atoms with Crippen molar-refractivity contribution in [3.8, 4) is 11.3 Å². The normalized spacial score (nSPS) is 10.1. The second-order valence-electron chi connectivity index (χ2n) is 2.94. The smallest absolute Gasteiger partial charge is 0.248 e. The van der Waals surface area contributed by atoms with Crippen molar-refractivity contribution in [1.82, 2.24) is 4.98 Å². The fourth-order valence-corrected chi connectivity index (χ4v) is 1.67. The molecule has 2 rings (SSSR count). The van der Waals surface area contributed by atoms with E-state index in [2.05, 4.69) is 20.9 Å². The molecule has 14 heavy (non-hydrogen) atoms. The number of hydrogen-bond donors (Lipinski definition) is 1. The van der Waals surface area contributed by atoms with Gasteiger partial charge in [0.05, 0.1) is 0 Å². The van der Waals surface area contributed by atoms with Gasteiger partial charge in [0, 0.05) is 16.2 Å².